The molecular weight excluding hydrogens is 272 g/mol. The molecule has 2 fully saturated rings. The number of aliphatic hydroxyl groups is 1. The van der Waals surface area contributed by atoms with Crippen LogP contribution >= 0.6 is 11.6 Å². The first kappa shape index (κ1) is 14.3. The maximum Gasteiger partial charge on any atom is 0.0583 e. The van der Waals surface area contributed by atoms with E-state index in [0.29, 0.717) is 11.8 Å². The molecule has 1 aromatic rings. The van der Waals surface area contributed by atoms with Crippen LogP contribution in [0.15, 0.2) is 24.3 Å². The molecule has 0 radical (unpaired) electrons. The van der Waals surface area contributed by atoms with Crippen molar-refractivity contribution in [2.45, 2.75) is 38.0 Å². The maximum absolute atomic E-state index is 10.1. The van der Waals surface area contributed by atoms with Gasteiger partial charge in [-0.2, -0.15) is 0 Å². The molecular formula is C16H23ClN2O. The predicted octanol–water partition coefficient (Wildman–Crippen LogP) is 2.43. The van der Waals surface area contributed by atoms with Crippen LogP contribution in [0.3, 0.4) is 0 Å². The molecule has 3 nitrogen and oxygen atoms in total. The van der Waals surface area contributed by atoms with Gasteiger partial charge in [0, 0.05) is 36.1 Å². The molecule has 1 aliphatic carbocycles. The zero-order valence-corrected chi connectivity index (χ0v) is 12.6. The van der Waals surface area contributed by atoms with Gasteiger partial charge in [0.25, 0.3) is 0 Å². The zero-order chi connectivity index (χ0) is 14.3. The molecule has 5 atom stereocenters. The Morgan fingerprint density at radius 3 is 2.55 bits per heavy atom. The summed E-state index contributed by atoms with van der Waals surface area (Å²) in [4.78, 5) is 2.45. The number of aliphatic hydroxyl groups excluding tert-OH is 1. The van der Waals surface area contributed by atoms with Gasteiger partial charge in [-0.25, -0.2) is 0 Å². The first-order valence-electron chi connectivity index (χ1n) is 7.49. The molecule has 1 saturated carbocycles. The van der Waals surface area contributed by atoms with Crippen LogP contribution in [0, 0.1) is 11.8 Å². The van der Waals surface area contributed by atoms with Gasteiger partial charge in [0.05, 0.1) is 6.10 Å². The maximum atomic E-state index is 10.1. The first-order chi connectivity index (χ1) is 9.56. The Morgan fingerprint density at radius 1 is 1.25 bits per heavy atom. The Morgan fingerprint density at radius 2 is 1.95 bits per heavy atom. The summed E-state index contributed by atoms with van der Waals surface area (Å²) in [6.07, 6.45) is 1.99. The lowest BCUT2D eigenvalue weighted by Crippen LogP contribution is -2.39. The molecule has 0 bridgehead atoms. The molecule has 0 spiro atoms. The summed E-state index contributed by atoms with van der Waals surface area (Å²) in [5.74, 6) is 1.07. The average Bonchev–Trinajstić information content (AvgIpc) is 2.95. The van der Waals surface area contributed by atoms with Gasteiger partial charge in [-0.3, -0.25) is 4.90 Å². The second kappa shape index (κ2) is 5.64. The minimum Gasteiger partial charge on any atom is -0.393 e. The number of hydrogen-bond acceptors (Lipinski definition) is 3. The summed E-state index contributed by atoms with van der Waals surface area (Å²) >= 11 is 5.97. The molecule has 1 heterocycles. The van der Waals surface area contributed by atoms with Crippen molar-refractivity contribution >= 4 is 11.6 Å². The molecule has 20 heavy (non-hydrogen) atoms. The van der Waals surface area contributed by atoms with E-state index in [9.17, 15) is 5.11 Å². The molecule has 2 aliphatic rings. The Balaban J connectivity index is 1.80. The van der Waals surface area contributed by atoms with Gasteiger partial charge >= 0.3 is 0 Å². The van der Waals surface area contributed by atoms with Gasteiger partial charge in [-0.05, 0) is 43.4 Å². The third-order valence-corrected chi connectivity index (χ3v) is 5.20. The van der Waals surface area contributed by atoms with E-state index in [1.54, 1.807) is 0 Å². The van der Waals surface area contributed by atoms with Gasteiger partial charge in [0.2, 0.25) is 0 Å². The van der Waals surface area contributed by atoms with Crippen LogP contribution in [0.5, 0.6) is 0 Å². The number of halogens is 1. The fourth-order valence-corrected chi connectivity index (χ4v) is 4.13. The molecule has 5 unspecified atom stereocenters. The normalized spacial score (nSPS) is 33.1. The Kier molecular flexibility index (Phi) is 4.04. The highest BCUT2D eigenvalue weighted by Crippen LogP contribution is 2.41. The topological polar surface area (TPSA) is 49.5 Å². The quantitative estimate of drug-likeness (QED) is 0.900. The van der Waals surface area contributed by atoms with E-state index in [2.05, 4.69) is 24.0 Å². The summed E-state index contributed by atoms with van der Waals surface area (Å²) in [7, 11) is 0. The number of rotatable bonds is 3. The molecule has 0 aromatic heterocycles. The lowest BCUT2D eigenvalue weighted by Gasteiger charge is -2.32. The van der Waals surface area contributed by atoms with Crippen molar-refractivity contribution in [3.8, 4) is 0 Å². The van der Waals surface area contributed by atoms with Crippen LogP contribution in [0.2, 0.25) is 5.02 Å². The monoisotopic (exact) mass is 294 g/mol. The summed E-state index contributed by atoms with van der Waals surface area (Å²) in [6, 6.07) is 8.27. The molecule has 3 N–H and O–H groups in total. The summed E-state index contributed by atoms with van der Waals surface area (Å²) in [6.45, 7) is 4.07. The largest absolute Gasteiger partial charge is 0.393 e. The van der Waals surface area contributed by atoms with Crippen molar-refractivity contribution in [2.75, 3.05) is 13.1 Å². The highest BCUT2D eigenvalue weighted by molar-refractivity contribution is 6.30. The number of hydrogen-bond donors (Lipinski definition) is 2. The van der Waals surface area contributed by atoms with Crippen molar-refractivity contribution < 1.29 is 5.11 Å². The third-order valence-electron chi connectivity index (χ3n) is 4.95. The Bertz CT molecular complexity index is 462. The van der Waals surface area contributed by atoms with Gasteiger partial charge in [-0.1, -0.05) is 23.7 Å². The Labute approximate surface area is 125 Å². The average molecular weight is 295 g/mol. The lowest BCUT2D eigenvalue weighted by molar-refractivity contribution is 0.115. The van der Waals surface area contributed by atoms with Crippen LogP contribution in [0.1, 0.15) is 31.4 Å². The van der Waals surface area contributed by atoms with Crippen LogP contribution < -0.4 is 5.73 Å². The van der Waals surface area contributed by atoms with E-state index < -0.39 is 0 Å². The number of nitrogens with two attached hydrogens (primary N) is 1. The van der Waals surface area contributed by atoms with E-state index >= 15 is 0 Å². The summed E-state index contributed by atoms with van der Waals surface area (Å²) in [5.41, 5.74) is 7.46. The standard InChI is InChI=1S/C16H23ClN2O/c1-10(18)16(11-2-5-13(17)6-3-11)19-8-12-4-7-15(20)14(12)9-19/h2-3,5-6,10,12,14-16,20H,4,7-9,18H2,1H3. The van der Waals surface area contributed by atoms with Gasteiger partial charge in [0.15, 0.2) is 0 Å². The van der Waals surface area contributed by atoms with Gasteiger partial charge < -0.3 is 10.8 Å². The van der Waals surface area contributed by atoms with Gasteiger partial charge in [-0.15, -0.1) is 0 Å². The molecule has 3 rings (SSSR count). The molecule has 1 saturated heterocycles. The zero-order valence-electron chi connectivity index (χ0n) is 11.9. The molecule has 1 aliphatic heterocycles. The molecule has 1 aromatic carbocycles. The second-order valence-corrected chi connectivity index (χ2v) is 6.81. The van der Waals surface area contributed by atoms with Crippen LogP contribution in [0.4, 0.5) is 0 Å². The number of nitrogens with zero attached hydrogens (tertiary/aromatic N) is 1. The van der Waals surface area contributed by atoms with Crippen molar-refractivity contribution in [1.29, 1.82) is 0 Å². The van der Waals surface area contributed by atoms with Crippen molar-refractivity contribution in [1.82, 2.24) is 4.90 Å². The van der Waals surface area contributed by atoms with Crippen molar-refractivity contribution in [3.05, 3.63) is 34.9 Å². The number of likely N-dealkylation sites (tertiary alicyclic amines) is 1. The lowest BCUT2D eigenvalue weighted by atomic mass is 9.99. The fraction of sp³-hybridized carbons (Fsp3) is 0.625. The third kappa shape index (κ3) is 2.60. The van der Waals surface area contributed by atoms with E-state index in [1.165, 1.54) is 5.56 Å². The van der Waals surface area contributed by atoms with Crippen LogP contribution in [-0.4, -0.2) is 35.2 Å². The van der Waals surface area contributed by atoms with Crippen molar-refractivity contribution in [2.24, 2.45) is 17.6 Å². The van der Waals surface area contributed by atoms with E-state index in [-0.39, 0.29) is 18.2 Å². The second-order valence-electron chi connectivity index (χ2n) is 6.38. The first-order valence-corrected chi connectivity index (χ1v) is 7.87. The number of benzene rings is 1. The summed E-state index contributed by atoms with van der Waals surface area (Å²) in [5, 5.41) is 10.8. The molecule has 110 valence electrons. The predicted molar refractivity (Wildman–Crippen MR) is 81.6 cm³/mol. The smallest absolute Gasteiger partial charge is 0.0583 e. The fourth-order valence-electron chi connectivity index (χ4n) is 4.01. The van der Waals surface area contributed by atoms with E-state index in [0.717, 1.165) is 31.0 Å². The van der Waals surface area contributed by atoms with Crippen molar-refractivity contribution in [3.63, 3.8) is 0 Å². The van der Waals surface area contributed by atoms with E-state index in [1.807, 2.05) is 12.1 Å². The van der Waals surface area contributed by atoms with Gasteiger partial charge in [0.1, 0.15) is 0 Å². The molecule has 0 amide bonds. The van der Waals surface area contributed by atoms with Crippen LogP contribution in [0.25, 0.3) is 0 Å². The van der Waals surface area contributed by atoms with Crippen LogP contribution in [-0.2, 0) is 0 Å². The minimum atomic E-state index is -0.121. The Hall–Kier alpha value is -0.610. The SMILES string of the molecule is CC(N)C(c1ccc(Cl)cc1)N1CC2CCC(O)C2C1. The summed E-state index contributed by atoms with van der Waals surface area (Å²) < 4.78 is 0. The highest BCUT2D eigenvalue weighted by atomic mass is 35.5. The number of fused-ring (bicyclic) bond motifs is 1. The highest BCUT2D eigenvalue weighted by Gasteiger charge is 2.44. The minimum absolute atomic E-state index is 0.0622. The van der Waals surface area contributed by atoms with E-state index in [4.69, 9.17) is 17.3 Å². The molecule has 4 heteroatoms.